The van der Waals surface area contributed by atoms with Gasteiger partial charge in [-0.2, -0.15) is 0 Å². The lowest BCUT2D eigenvalue weighted by molar-refractivity contribution is -0.139. The van der Waals surface area contributed by atoms with Crippen molar-refractivity contribution in [3.05, 3.63) is 58.7 Å². The molecule has 0 bridgehead atoms. The van der Waals surface area contributed by atoms with Gasteiger partial charge in [0.1, 0.15) is 11.5 Å². The first-order valence-corrected chi connectivity index (χ1v) is 11.1. The highest BCUT2D eigenvalue weighted by Gasteiger charge is 2.45. The van der Waals surface area contributed by atoms with Crippen LogP contribution in [0.3, 0.4) is 0 Å². The predicted octanol–water partition coefficient (Wildman–Crippen LogP) is 4.58. The molecular formula is C26H31NO6. The van der Waals surface area contributed by atoms with Crippen LogP contribution in [0.1, 0.15) is 49.9 Å². The van der Waals surface area contributed by atoms with Gasteiger partial charge in [0.05, 0.1) is 25.3 Å². The summed E-state index contributed by atoms with van der Waals surface area (Å²) in [5.74, 6) is -0.452. The van der Waals surface area contributed by atoms with E-state index in [1.54, 1.807) is 30.3 Å². The zero-order valence-corrected chi connectivity index (χ0v) is 19.7. The first-order chi connectivity index (χ1) is 15.7. The van der Waals surface area contributed by atoms with Gasteiger partial charge in [-0.05, 0) is 60.7 Å². The van der Waals surface area contributed by atoms with E-state index in [1.807, 2.05) is 13.8 Å². The average molecular weight is 454 g/mol. The molecule has 1 amide bonds. The molecule has 176 valence electrons. The Hall–Kier alpha value is -3.48. The third-order valence-corrected chi connectivity index (χ3v) is 5.54. The van der Waals surface area contributed by atoms with Crippen molar-refractivity contribution in [1.82, 2.24) is 4.90 Å². The number of aryl methyl sites for hydroxylation is 1. The standard InChI is InChI=1S/C26H31NO6/c1-6-11-27-23(17-7-10-21(32-5)19(28)13-17)22(25(30)26(27)31)24(29)18-8-9-20(16(4)12-18)33-14-15(2)3/h7-10,12-13,15,23,28-29H,6,11,14H2,1-5H3/b24-22-. The van der Waals surface area contributed by atoms with Crippen LogP contribution >= 0.6 is 0 Å². The zero-order valence-electron chi connectivity index (χ0n) is 19.7. The van der Waals surface area contributed by atoms with Crippen LogP contribution in [0.25, 0.3) is 5.76 Å². The maximum Gasteiger partial charge on any atom is 0.295 e. The normalized spacial score (nSPS) is 17.6. The lowest BCUT2D eigenvalue weighted by atomic mass is 9.94. The molecule has 0 saturated carbocycles. The zero-order chi connectivity index (χ0) is 24.3. The molecular weight excluding hydrogens is 422 g/mol. The molecule has 2 aromatic carbocycles. The molecule has 2 N–H and O–H groups in total. The number of carbonyl (C=O) groups excluding carboxylic acids is 2. The molecule has 0 spiro atoms. The molecule has 1 atom stereocenters. The van der Waals surface area contributed by atoms with E-state index in [4.69, 9.17) is 9.47 Å². The summed E-state index contributed by atoms with van der Waals surface area (Å²) in [4.78, 5) is 27.3. The van der Waals surface area contributed by atoms with Crippen LogP contribution in [0, 0.1) is 12.8 Å². The Bertz CT molecular complexity index is 1090. The van der Waals surface area contributed by atoms with Gasteiger partial charge in [-0.1, -0.05) is 26.8 Å². The van der Waals surface area contributed by atoms with Crippen LogP contribution in [0.15, 0.2) is 42.0 Å². The van der Waals surface area contributed by atoms with Crippen molar-refractivity contribution in [3.8, 4) is 17.2 Å². The van der Waals surface area contributed by atoms with Crippen LogP contribution in [-0.4, -0.2) is 47.1 Å². The summed E-state index contributed by atoms with van der Waals surface area (Å²) in [5, 5.41) is 21.5. The topological polar surface area (TPSA) is 96.3 Å². The van der Waals surface area contributed by atoms with Gasteiger partial charge in [-0.3, -0.25) is 9.59 Å². The number of amides is 1. The molecule has 1 unspecified atom stereocenters. The van der Waals surface area contributed by atoms with E-state index in [0.717, 1.165) is 5.56 Å². The summed E-state index contributed by atoms with van der Waals surface area (Å²) < 4.78 is 10.9. The molecule has 3 rings (SSSR count). The molecule has 1 heterocycles. The van der Waals surface area contributed by atoms with E-state index >= 15 is 0 Å². The minimum absolute atomic E-state index is 0.00624. The summed E-state index contributed by atoms with van der Waals surface area (Å²) in [5.41, 5.74) is 1.73. The highest BCUT2D eigenvalue weighted by atomic mass is 16.5. The number of Topliss-reactive ketones (excluding diaryl/α,β-unsaturated/α-hetero) is 1. The van der Waals surface area contributed by atoms with E-state index in [1.165, 1.54) is 18.1 Å². The van der Waals surface area contributed by atoms with E-state index in [-0.39, 0.29) is 22.8 Å². The number of rotatable bonds is 8. The summed E-state index contributed by atoms with van der Waals surface area (Å²) in [6, 6.07) is 9.05. The fourth-order valence-corrected chi connectivity index (χ4v) is 3.95. The summed E-state index contributed by atoms with van der Waals surface area (Å²) in [6.45, 7) is 8.78. The number of likely N-dealkylation sites (tertiary alicyclic amines) is 1. The number of nitrogens with zero attached hydrogens (tertiary/aromatic N) is 1. The monoisotopic (exact) mass is 453 g/mol. The number of aliphatic hydroxyl groups is 1. The fourth-order valence-electron chi connectivity index (χ4n) is 3.95. The third-order valence-electron chi connectivity index (χ3n) is 5.54. The van der Waals surface area contributed by atoms with Crippen LogP contribution < -0.4 is 9.47 Å². The van der Waals surface area contributed by atoms with Gasteiger partial charge in [0.15, 0.2) is 11.5 Å². The highest BCUT2D eigenvalue weighted by molar-refractivity contribution is 6.46. The molecule has 1 aliphatic heterocycles. The lowest BCUT2D eigenvalue weighted by Gasteiger charge is -2.25. The molecule has 0 aliphatic carbocycles. The maximum absolute atomic E-state index is 13.0. The molecule has 1 aliphatic rings. The van der Waals surface area contributed by atoms with E-state index < -0.39 is 17.7 Å². The fraction of sp³-hybridized carbons (Fsp3) is 0.385. The number of methoxy groups -OCH3 is 1. The second-order valence-corrected chi connectivity index (χ2v) is 8.61. The van der Waals surface area contributed by atoms with Crippen molar-refractivity contribution in [2.24, 2.45) is 5.92 Å². The van der Waals surface area contributed by atoms with Gasteiger partial charge in [0.2, 0.25) is 0 Å². The van der Waals surface area contributed by atoms with Crippen LogP contribution in [0.4, 0.5) is 0 Å². The number of ether oxygens (including phenoxy) is 2. The average Bonchev–Trinajstić information content (AvgIpc) is 3.02. The lowest BCUT2D eigenvalue weighted by Crippen LogP contribution is -2.30. The smallest absolute Gasteiger partial charge is 0.295 e. The number of carbonyl (C=O) groups is 2. The molecule has 7 nitrogen and oxygen atoms in total. The van der Waals surface area contributed by atoms with Gasteiger partial charge in [0, 0.05) is 12.1 Å². The van der Waals surface area contributed by atoms with E-state index in [0.29, 0.717) is 42.4 Å². The predicted molar refractivity (Wildman–Crippen MR) is 125 cm³/mol. The van der Waals surface area contributed by atoms with Crippen LogP contribution in [0.2, 0.25) is 0 Å². The van der Waals surface area contributed by atoms with Crippen molar-refractivity contribution < 1.29 is 29.3 Å². The van der Waals surface area contributed by atoms with Gasteiger partial charge >= 0.3 is 0 Å². The largest absolute Gasteiger partial charge is 0.507 e. The molecule has 0 aromatic heterocycles. The Kier molecular flexibility index (Phi) is 7.31. The molecule has 7 heteroatoms. The molecule has 0 radical (unpaired) electrons. The van der Waals surface area contributed by atoms with Crippen LogP contribution in [0.5, 0.6) is 17.2 Å². The number of phenolic OH excluding ortho intramolecular Hbond substituents is 1. The molecule has 2 aromatic rings. The van der Waals surface area contributed by atoms with Crippen molar-refractivity contribution >= 4 is 17.4 Å². The number of aromatic hydroxyl groups is 1. The number of aliphatic hydroxyl groups excluding tert-OH is 1. The van der Waals surface area contributed by atoms with Gasteiger partial charge in [0.25, 0.3) is 11.7 Å². The summed E-state index contributed by atoms with van der Waals surface area (Å²) in [6.07, 6.45) is 0.632. The Morgan fingerprint density at radius 3 is 2.39 bits per heavy atom. The highest BCUT2D eigenvalue weighted by Crippen LogP contribution is 2.42. The van der Waals surface area contributed by atoms with Crippen molar-refractivity contribution in [3.63, 3.8) is 0 Å². The summed E-state index contributed by atoms with van der Waals surface area (Å²) in [7, 11) is 1.44. The van der Waals surface area contributed by atoms with E-state index in [2.05, 4.69) is 13.8 Å². The number of hydrogen-bond donors (Lipinski definition) is 2. The van der Waals surface area contributed by atoms with Crippen molar-refractivity contribution in [1.29, 1.82) is 0 Å². The van der Waals surface area contributed by atoms with Crippen molar-refractivity contribution in [2.45, 2.75) is 40.2 Å². The Morgan fingerprint density at radius 2 is 1.82 bits per heavy atom. The quantitative estimate of drug-likeness (QED) is 0.345. The maximum atomic E-state index is 13.0. The Labute approximate surface area is 194 Å². The first kappa shape index (κ1) is 24.2. The number of ketones is 1. The second-order valence-electron chi connectivity index (χ2n) is 8.61. The number of phenols is 1. The minimum atomic E-state index is -0.820. The van der Waals surface area contributed by atoms with Crippen LogP contribution in [-0.2, 0) is 9.59 Å². The second kappa shape index (κ2) is 9.98. The first-order valence-electron chi connectivity index (χ1n) is 11.1. The number of benzene rings is 2. The summed E-state index contributed by atoms with van der Waals surface area (Å²) >= 11 is 0. The van der Waals surface area contributed by atoms with Gasteiger partial charge in [-0.25, -0.2) is 0 Å². The number of hydrogen-bond acceptors (Lipinski definition) is 6. The molecule has 1 fully saturated rings. The van der Waals surface area contributed by atoms with Crippen molar-refractivity contribution in [2.75, 3.05) is 20.3 Å². The van der Waals surface area contributed by atoms with Gasteiger partial charge in [-0.15, -0.1) is 0 Å². The Morgan fingerprint density at radius 1 is 1.12 bits per heavy atom. The Balaban J connectivity index is 2.10. The van der Waals surface area contributed by atoms with E-state index in [9.17, 15) is 19.8 Å². The SMILES string of the molecule is CCCN1C(=O)C(=O)/C(=C(\O)c2ccc(OCC(C)C)c(C)c2)C1c1ccc(OC)c(O)c1. The van der Waals surface area contributed by atoms with Gasteiger partial charge < -0.3 is 24.6 Å². The molecule has 1 saturated heterocycles. The third kappa shape index (κ3) is 4.82. The minimum Gasteiger partial charge on any atom is -0.507 e. The molecule has 33 heavy (non-hydrogen) atoms.